The van der Waals surface area contributed by atoms with E-state index in [1.165, 1.54) is 96.3 Å². The number of unbranched alkanes of at least 4 members (excludes halogenated alkanes) is 20. The van der Waals surface area contributed by atoms with Crippen LogP contribution in [-0.2, 0) is 23.4 Å². The summed E-state index contributed by atoms with van der Waals surface area (Å²) in [6.45, 7) is 4.06. The Kier molecular flexibility index (Phi) is 32.9. The van der Waals surface area contributed by atoms with Crippen LogP contribution in [0.2, 0.25) is 0 Å². The monoisotopic (exact) mass is 656 g/mol. The largest absolute Gasteiger partial charge is 0.498 e. The molecule has 264 valence electrons. The highest BCUT2D eigenvalue weighted by Gasteiger charge is 2.21. The average Bonchev–Trinajstić information content (AvgIpc) is 3.01. The molecule has 0 saturated carbocycles. The Morgan fingerprint density at radius 2 is 1.04 bits per heavy atom. The molecule has 0 fully saturated rings. The lowest BCUT2D eigenvalue weighted by molar-refractivity contribution is -0.153. The molecule has 0 aromatic heterocycles. The fourth-order valence-corrected chi connectivity index (χ4v) is 5.38. The highest BCUT2D eigenvalue weighted by Crippen LogP contribution is 2.35. The molecular weight excluding hydrogens is 587 g/mol. The number of phosphoric ester groups is 1. The molecule has 45 heavy (non-hydrogen) atoms. The summed E-state index contributed by atoms with van der Waals surface area (Å²) in [6.07, 6.45) is 40.8. The molecule has 0 saturated heterocycles. The first-order chi connectivity index (χ1) is 21.9. The number of esters is 1. The quantitative estimate of drug-likeness (QED) is 0.0233. The summed E-state index contributed by atoms with van der Waals surface area (Å²) in [5.41, 5.74) is 0. The van der Waals surface area contributed by atoms with Gasteiger partial charge in [-0.05, 0) is 57.4 Å². The molecule has 2 N–H and O–H groups in total. The van der Waals surface area contributed by atoms with Crippen LogP contribution in [0, 0.1) is 0 Å². The SMILES string of the molecule is CCCCCC=CCC=CCCCCCCCC(=O)O[C@H](COC=CCCCCCCCCCCCCCC)COP(=O)(O)O. The third-order valence-electron chi connectivity index (χ3n) is 7.76. The Hall–Kier alpha value is -1.40. The normalized spacial score (nSPS) is 13.0. The third-order valence-corrected chi connectivity index (χ3v) is 8.24. The van der Waals surface area contributed by atoms with E-state index in [2.05, 4.69) is 42.7 Å². The first-order valence-electron chi connectivity index (χ1n) is 18.3. The van der Waals surface area contributed by atoms with Crippen LogP contribution in [0.3, 0.4) is 0 Å². The maximum absolute atomic E-state index is 12.3. The fraction of sp³-hybridized carbons (Fsp3) is 0.811. The Labute approximate surface area is 276 Å². The number of hydrogen-bond donors (Lipinski definition) is 2. The van der Waals surface area contributed by atoms with Crippen molar-refractivity contribution in [3.63, 3.8) is 0 Å². The fourth-order valence-electron chi connectivity index (χ4n) is 5.02. The molecule has 0 radical (unpaired) electrons. The molecule has 0 aliphatic heterocycles. The number of carbonyl (C=O) groups is 1. The Balaban J connectivity index is 3.93. The zero-order valence-electron chi connectivity index (χ0n) is 29.0. The lowest BCUT2D eigenvalue weighted by atomic mass is 10.0. The molecule has 0 rings (SSSR count). The summed E-state index contributed by atoms with van der Waals surface area (Å²) in [6, 6.07) is 0. The zero-order chi connectivity index (χ0) is 33.1. The molecule has 0 aromatic carbocycles. The van der Waals surface area contributed by atoms with Crippen molar-refractivity contribution in [1.82, 2.24) is 0 Å². The van der Waals surface area contributed by atoms with Gasteiger partial charge in [0.15, 0.2) is 6.10 Å². The maximum Gasteiger partial charge on any atom is 0.469 e. The topological polar surface area (TPSA) is 102 Å². The molecule has 1 atom stereocenters. The lowest BCUT2D eigenvalue weighted by Crippen LogP contribution is -2.27. The van der Waals surface area contributed by atoms with Crippen molar-refractivity contribution in [3.8, 4) is 0 Å². The van der Waals surface area contributed by atoms with E-state index in [-0.39, 0.29) is 13.0 Å². The van der Waals surface area contributed by atoms with Crippen LogP contribution >= 0.6 is 7.82 Å². The Morgan fingerprint density at radius 3 is 1.58 bits per heavy atom. The third kappa shape index (κ3) is 36.9. The van der Waals surface area contributed by atoms with Gasteiger partial charge in [-0.25, -0.2) is 4.57 Å². The number of phosphoric acid groups is 1. The molecule has 8 heteroatoms. The first kappa shape index (κ1) is 43.6. The second-order valence-electron chi connectivity index (χ2n) is 12.3. The standard InChI is InChI=1S/C37H69O7P/c1-3-5-7-9-11-13-15-17-19-20-22-24-26-28-30-32-37(38)44-36(35-43-45(39,40)41)34-42-33-31-29-27-25-23-21-18-16-14-12-10-8-6-4-2/h11,13,17,19,31,33,36H,3-10,12,14-16,18,20-30,32,34-35H2,1-2H3,(H2,39,40,41)/t36-/m1/s1. The van der Waals surface area contributed by atoms with Crippen molar-refractivity contribution in [2.75, 3.05) is 13.2 Å². The van der Waals surface area contributed by atoms with Crippen LogP contribution in [0.5, 0.6) is 0 Å². The first-order valence-corrected chi connectivity index (χ1v) is 19.9. The molecule has 0 amide bonds. The number of carbonyl (C=O) groups excluding carboxylic acids is 1. The summed E-state index contributed by atoms with van der Waals surface area (Å²) in [5.74, 6) is -0.399. The van der Waals surface area contributed by atoms with Crippen molar-refractivity contribution >= 4 is 13.8 Å². The van der Waals surface area contributed by atoms with Crippen LogP contribution < -0.4 is 0 Å². The molecule has 0 aromatic rings. The Morgan fingerprint density at radius 1 is 0.600 bits per heavy atom. The van der Waals surface area contributed by atoms with Crippen molar-refractivity contribution < 1.29 is 33.1 Å². The van der Waals surface area contributed by atoms with Gasteiger partial charge in [0.1, 0.15) is 6.61 Å². The van der Waals surface area contributed by atoms with Crippen molar-refractivity contribution in [2.45, 2.75) is 180 Å². The number of rotatable bonds is 34. The Bertz CT molecular complexity index is 775. The second-order valence-corrected chi connectivity index (χ2v) is 13.5. The highest BCUT2D eigenvalue weighted by molar-refractivity contribution is 7.46. The molecule has 7 nitrogen and oxygen atoms in total. The molecule has 0 aliphatic carbocycles. The summed E-state index contributed by atoms with van der Waals surface area (Å²) >= 11 is 0. The van der Waals surface area contributed by atoms with Crippen molar-refractivity contribution in [3.05, 3.63) is 36.6 Å². The zero-order valence-corrected chi connectivity index (χ0v) is 29.9. The van der Waals surface area contributed by atoms with Crippen molar-refractivity contribution in [1.29, 1.82) is 0 Å². The lowest BCUT2D eigenvalue weighted by Gasteiger charge is -2.18. The van der Waals surface area contributed by atoms with Gasteiger partial charge in [0.25, 0.3) is 0 Å². The number of hydrogen-bond acceptors (Lipinski definition) is 5. The van der Waals surface area contributed by atoms with Gasteiger partial charge in [0.05, 0.1) is 12.9 Å². The molecule has 0 bridgehead atoms. The van der Waals surface area contributed by atoms with Gasteiger partial charge < -0.3 is 19.3 Å². The highest BCUT2D eigenvalue weighted by atomic mass is 31.2. The minimum absolute atomic E-state index is 0.0111. The second kappa shape index (κ2) is 33.9. The summed E-state index contributed by atoms with van der Waals surface area (Å²) < 4.78 is 26.6. The van der Waals surface area contributed by atoms with Crippen LogP contribution in [0.25, 0.3) is 0 Å². The van der Waals surface area contributed by atoms with E-state index >= 15 is 0 Å². The van der Waals surface area contributed by atoms with E-state index in [0.717, 1.165) is 57.8 Å². The van der Waals surface area contributed by atoms with Crippen molar-refractivity contribution in [2.24, 2.45) is 0 Å². The molecule has 0 unspecified atom stereocenters. The van der Waals surface area contributed by atoms with Crippen LogP contribution in [-0.4, -0.2) is 35.1 Å². The van der Waals surface area contributed by atoms with Crippen LogP contribution in [0.15, 0.2) is 36.6 Å². The average molecular weight is 657 g/mol. The maximum atomic E-state index is 12.3. The van der Waals surface area contributed by atoms with E-state index in [4.69, 9.17) is 19.3 Å². The molecule has 0 heterocycles. The minimum Gasteiger partial charge on any atom is -0.498 e. The van der Waals surface area contributed by atoms with Gasteiger partial charge >= 0.3 is 13.8 Å². The molecule has 0 spiro atoms. The van der Waals surface area contributed by atoms with Gasteiger partial charge in [0, 0.05) is 6.42 Å². The summed E-state index contributed by atoms with van der Waals surface area (Å²) in [7, 11) is -4.67. The number of ether oxygens (including phenoxy) is 2. The van der Waals surface area contributed by atoms with Gasteiger partial charge in [-0.2, -0.15) is 0 Å². The molecule has 0 aliphatic rings. The van der Waals surface area contributed by atoms with Gasteiger partial charge in [0.2, 0.25) is 0 Å². The van der Waals surface area contributed by atoms with E-state index < -0.39 is 26.5 Å². The predicted molar refractivity (Wildman–Crippen MR) is 188 cm³/mol. The van der Waals surface area contributed by atoms with E-state index in [0.29, 0.717) is 0 Å². The van der Waals surface area contributed by atoms with Gasteiger partial charge in [-0.3, -0.25) is 9.32 Å². The predicted octanol–water partition coefficient (Wildman–Crippen LogP) is 11.4. The minimum atomic E-state index is -4.67. The smallest absolute Gasteiger partial charge is 0.469 e. The van der Waals surface area contributed by atoms with Crippen LogP contribution in [0.4, 0.5) is 0 Å². The van der Waals surface area contributed by atoms with Crippen LogP contribution in [0.1, 0.15) is 174 Å². The van der Waals surface area contributed by atoms with Gasteiger partial charge in [-0.15, -0.1) is 0 Å². The summed E-state index contributed by atoms with van der Waals surface area (Å²) in [4.78, 5) is 30.4. The van der Waals surface area contributed by atoms with E-state index in [1.54, 1.807) is 6.26 Å². The van der Waals surface area contributed by atoms with Gasteiger partial charge in [-0.1, -0.05) is 141 Å². The summed E-state index contributed by atoms with van der Waals surface area (Å²) in [5, 5.41) is 0. The van der Waals surface area contributed by atoms with E-state index in [1.807, 2.05) is 6.08 Å². The number of allylic oxidation sites excluding steroid dienone is 5. The molecular formula is C37H69O7P. The van der Waals surface area contributed by atoms with E-state index in [9.17, 15) is 9.36 Å².